The molecule has 0 fully saturated rings. The molecule has 0 unspecified atom stereocenters. The summed E-state index contributed by atoms with van der Waals surface area (Å²) in [5, 5.41) is 7.06. The van der Waals surface area contributed by atoms with Gasteiger partial charge >= 0.3 is 0 Å². The summed E-state index contributed by atoms with van der Waals surface area (Å²) in [6.07, 6.45) is 2.69. The van der Waals surface area contributed by atoms with Crippen LogP contribution < -0.4 is 10.6 Å². The first-order valence-electron chi connectivity index (χ1n) is 5.47. The first-order valence-corrected chi connectivity index (χ1v) is 5.84. The predicted molar refractivity (Wildman–Crippen MR) is 64.8 cm³/mol. The molecule has 16 heavy (non-hydrogen) atoms. The zero-order valence-corrected chi connectivity index (χ0v) is 10.3. The Morgan fingerprint density at radius 1 is 1.31 bits per heavy atom. The number of ether oxygens (including phenoxy) is 1. The Bertz CT molecular complexity index is 279. The lowest BCUT2D eigenvalue weighted by molar-refractivity contribution is 0.199. The number of hydrogen-bond donors (Lipinski definition) is 2. The minimum atomic E-state index is 0.478. The largest absolute Gasteiger partial charge is 0.453 e. The van der Waals surface area contributed by atoms with Gasteiger partial charge < -0.3 is 19.8 Å². The van der Waals surface area contributed by atoms with E-state index in [0.717, 1.165) is 44.8 Å². The van der Waals surface area contributed by atoms with Gasteiger partial charge in [0.25, 0.3) is 0 Å². The van der Waals surface area contributed by atoms with Gasteiger partial charge in [-0.3, -0.25) is 0 Å². The highest BCUT2D eigenvalue weighted by Crippen LogP contribution is 2.15. The normalized spacial score (nSPS) is 10.9. The first kappa shape index (κ1) is 13.5. The Labute approximate surface area is 101 Å². The maximum Gasteiger partial charge on any atom is 0.197 e. The third-order valence-electron chi connectivity index (χ3n) is 2.20. The average Bonchev–Trinajstić information content (AvgIpc) is 2.68. The summed E-state index contributed by atoms with van der Waals surface area (Å²) in [6.45, 7) is 4.38. The maximum absolute atomic E-state index is 5.80. The van der Waals surface area contributed by atoms with Gasteiger partial charge in [0.2, 0.25) is 0 Å². The highest BCUT2D eigenvalue weighted by atomic mass is 35.5. The van der Waals surface area contributed by atoms with Gasteiger partial charge in [0.15, 0.2) is 5.22 Å². The summed E-state index contributed by atoms with van der Waals surface area (Å²) in [5.74, 6) is 0. The molecule has 0 aromatic carbocycles. The molecule has 2 N–H and O–H groups in total. The minimum absolute atomic E-state index is 0.478. The van der Waals surface area contributed by atoms with Crippen LogP contribution in [-0.2, 0) is 11.3 Å². The quantitative estimate of drug-likeness (QED) is 0.651. The van der Waals surface area contributed by atoms with Crippen molar-refractivity contribution in [1.29, 1.82) is 0 Å². The molecule has 5 heteroatoms. The van der Waals surface area contributed by atoms with E-state index >= 15 is 0 Å². The van der Waals surface area contributed by atoms with Crippen molar-refractivity contribution >= 4 is 11.6 Å². The molecular formula is C11H19ClN2O2. The van der Waals surface area contributed by atoms with Crippen molar-refractivity contribution in [1.82, 2.24) is 10.6 Å². The molecule has 0 saturated heterocycles. The second kappa shape index (κ2) is 8.58. The molecule has 92 valence electrons. The lowest BCUT2D eigenvalue weighted by Gasteiger charge is -2.05. The van der Waals surface area contributed by atoms with Gasteiger partial charge in [0.05, 0.1) is 12.9 Å². The van der Waals surface area contributed by atoms with Crippen LogP contribution >= 0.6 is 11.6 Å². The van der Waals surface area contributed by atoms with Crippen LogP contribution in [0.4, 0.5) is 0 Å². The van der Waals surface area contributed by atoms with E-state index in [1.165, 1.54) is 0 Å². The molecule has 4 nitrogen and oxygen atoms in total. The number of rotatable bonds is 9. The molecule has 1 aromatic rings. The van der Waals surface area contributed by atoms with Crippen molar-refractivity contribution in [2.45, 2.75) is 13.0 Å². The van der Waals surface area contributed by atoms with Crippen molar-refractivity contribution in [3.8, 4) is 0 Å². The molecule has 0 atom stereocenters. The molecule has 0 saturated carbocycles. The Hall–Kier alpha value is -0.550. The fourth-order valence-electron chi connectivity index (χ4n) is 1.31. The van der Waals surface area contributed by atoms with Crippen molar-refractivity contribution in [3.63, 3.8) is 0 Å². The maximum atomic E-state index is 5.80. The Balaban J connectivity index is 1.91. The van der Waals surface area contributed by atoms with E-state index in [0.29, 0.717) is 5.22 Å². The molecule has 1 rings (SSSR count). The molecule has 0 bridgehead atoms. The van der Waals surface area contributed by atoms with E-state index in [4.69, 9.17) is 20.8 Å². The van der Waals surface area contributed by atoms with E-state index < -0.39 is 0 Å². The average molecular weight is 247 g/mol. The van der Waals surface area contributed by atoms with E-state index in [-0.39, 0.29) is 0 Å². The van der Waals surface area contributed by atoms with Gasteiger partial charge in [0.1, 0.15) is 0 Å². The number of furan rings is 1. The summed E-state index contributed by atoms with van der Waals surface area (Å²) in [5.41, 5.74) is 1.01. The molecule has 0 aliphatic carbocycles. The zero-order valence-electron chi connectivity index (χ0n) is 9.59. The second-order valence-electron chi connectivity index (χ2n) is 3.49. The molecule has 0 radical (unpaired) electrons. The van der Waals surface area contributed by atoms with Crippen molar-refractivity contribution in [2.24, 2.45) is 0 Å². The highest BCUT2D eigenvalue weighted by molar-refractivity contribution is 6.29. The fraction of sp³-hybridized carbons (Fsp3) is 0.636. The number of nitrogens with one attached hydrogen (secondary N) is 2. The molecule has 0 aliphatic heterocycles. The van der Waals surface area contributed by atoms with Gasteiger partial charge in [-0.25, -0.2) is 0 Å². The van der Waals surface area contributed by atoms with Gasteiger partial charge in [0, 0.05) is 25.8 Å². The summed E-state index contributed by atoms with van der Waals surface area (Å²) >= 11 is 5.80. The van der Waals surface area contributed by atoms with Crippen LogP contribution in [-0.4, -0.2) is 33.4 Å². The van der Waals surface area contributed by atoms with Gasteiger partial charge in [-0.1, -0.05) is 0 Å². The lowest BCUT2D eigenvalue weighted by atomic mass is 10.3. The number of methoxy groups -OCH3 is 1. The van der Waals surface area contributed by atoms with Gasteiger partial charge in [-0.05, 0) is 37.2 Å². The first-order chi connectivity index (χ1) is 7.84. The molecule has 1 aromatic heterocycles. The Kier molecular flexibility index (Phi) is 7.25. The summed E-state index contributed by atoms with van der Waals surface area (Å²) < 4.78 is 9.91. The van der Waals surface area contributed by atoms with Crippen LogP contribution in [0.5, 0.6) is 0 Å². The van der Waals surface area contributed by atoms with E-state index in [9.17, 15) is 0 Å². The van der Waals surface area contributed by atoms with E-state index in [1.807, 2.05) is 6.07 Å². The third kappa shape index (κ3) is 5.51. The van der Waals surface area contributed by atoms with Gasteiger partial charge in [-0.2, -0.15) is 0 Å². The number of halogens is 1. The highest BCUT2D eigenvalue weighted by Gasteiger charge is 2.01. The smallest absolute Gasteiger partial charge is 0.197 e. The SMILES string of the molecule is COCCNCCCNCc1ccoc1Cl. The molecule has 0 spiro atoms. The summed E-state index contributed by atoms with van der Waals surface area (Å²) in [6, 6.07) is 1.88. The zero-order chi connectivity index (χ0) is 11.6. The van der Waals surface area contributed by atoms with Gasteiger partial charge in [-0.15, -0.1) is 0 Å². The molecule has 0 aliphatic rings. The number of hydrogen-bond acceptors (Lipinski definition) is 4. The van der Waals surface area contributed by atoms with Crippen LogP contribution in [0.1, 0.15) is 12.0 Å². The van der Waals surface area contributed by atoms with Crippen LogP contribution in [0.2, 0.25) is 5.22 Å². The second-order valence-corrected chi connectivity index (χ2v) is 3.84. The van der Waals surface area contributed by atoms with E-state index in [2.05, 4.69) is 10.6 Å². The Morgan fingerprint density at radius 3 is 2.81 bits per heavy atom. The van der Waals surface area contributed by atoms with Crippen LogP contribution in [0.3, 0.4) is 0 Å². The molecule has 1 heterocycles. The van der Waals surface area contributed by atoms with E-state index in [1.54, 1.807) is 13.4 Å². The summed E-state index contributed by atoms with van der Waals surface area (Å²) in [4.78, 5) is 0. The Morgan fingerprint density at radius 2 is 2.12 bits per heavy atom. The fourth-order valence-corrected chi connectivity index (χ4v) is 1.49. The third-order valence-corrected chi connectivity index (χ3v) is 2.53. The molecular weight excluding hydrogens is 228 g/mol. The monoisotopic (exact) mass is 246 g/mol. The van der Waals surface area contributed by atoms with Crippen molar-refractivity contribution in [2.75, 3.05) is 33.4 Å². The predicted octanol–water partition coefficient (Wildman–Crippen LogP) is 1.65. The van der Waals surface area contributed by atoms with Crippen LogP contribution in [0, 0.1) is 0 Å². The topological polar surface area (TPSA) is 46.4 Å². The van der Waals surface area contributed by atoms with Crippen molar-refractivity contribution < 1.29 is 9.15 Å². The van der Waals surface area contributed by atoms with Crippen LogP contribution in [0.15, 0.2) is 16.7 Å². The minimum Gasteiger partial charge on any atom is -0.453 e. The summed E-state index contributed by atoms with van der Waals surface area (Å²) in [7, 11) is 1.71. The molecule has 0 amide bonds. The lowest BCUT2D eigenvalue weighted by Crippen LogP contribution is -2.24. The standard InChI is InChI=1S/C11H19ClN2O2/c1-15-8-6-13-4-2-5-14-9-10-3-7-16-11(10)12/h3,7,13-14H,2,4-6,8-9H2,1H3. The van der Waals surface area contributed by atoms with Crippen molar-refractivity contribution in [3.05, 3.63) is 23.1 Å². The van der Waals surface area contributed by atoms with Crippen LogP contribution in [0.25, 0.3) is 0 Å².